The first-order chi connectivity index (χ1) is 5.33. The summed E-state index contributed by atoms with van der Waals surface area (Å²) in [6.07, 6.45) is -4.21. The molecule has 0 amide bonds. The lowest BCUT2D eigenvalue weighted by Gasteiger charge is -2.07. The summed E-state index contributed by atoms with van der Waals surface area (Å²) in [6, 6.07) is 0. The molecule has 0 heterocycles. The lowest BCUT2D eigenvalue weighted by atomic mass is 10.2. The maximum Gasteiger partial charge on any atom is 0.397 e. The smallest absolute Gasteiger partial charge is 0.397 e. The van der Waals surface area contributed by atoms with E-state index in [-0.39, 0.29) is 5.75 Å². The minimum atomic E-state index is -4.21. The highest BCUT2D eigenvalue weighted by Gasteiger charge is 2.27. The summed E-state index contributed by atoms with van der Waals surface area (Å²) >= 11 is 0.591. The number of hydrogen-bond acceptors (Lipinski definition) is 2. The summed E-state index contributed by atoms with van der Waals surface area (Å²) in [5, 5.41) is 8.32. The van der Waals surface area contributed by atoms with Gasteiger partial charge in [-0.25, -0.2) is 0 Å². The van der Waals surface area contributed by atoms with Crippen molar-refractivity contribution < 1.29 is 23.1 Å². The molecule has 0 spiro atoms. The van der Waals surface area contributed by atoms with Crippen LogP contribution in [0.4, 0.5) is 13.2 Å². The highest BCUT2D eigenvalue weighted by atomic mass is 32.2. The Bertz CT molecular complexity index is 157. The predicted octanol–water partition coefficient (Wildman–Crippen LogP) is 2.00. The van der Waals surface area contributed by atoms with E-state index in [1.807, 2.05) is 0 Å². The molecule has 0 radical (unpaired) electrons. The quantitative estimate of drug-likeness (QED) is 0.757. The monoisotopic (exact) mass is 202 g/mol. The molecule has 0 fully saturated rings. The molecule has 2 nitrogen and oxygen atoms in total. The van der Waals surface area contributed by atoms with Gasteiger partial charge in [0, 0.05) is 5.75 Å². The Morgan fingerprint density at radius 3 is 2.42 bits per heavy atom. The molecule has 12 heavy (non-hydrogen) atoms. The van der Waals surface area contributed by atoms with Crippen LogP contribution in [0.15, 0.2) is 0 Å². The SMILES string of the molecule is C[C@@H](CSCC(F)(F)F)C(=O)O. The lowest BCUT2D eigenvalue weighted by Crippen LogP contribution is -2.16. The van der Waals surface area contributed by atoms with Crippen molar-refractivity contribution in [3.63, 3.8) is 0 Å². The van der Waals surface area contributed by atoms with E-state index in [0.29, 0.717) is 11.8 Å². The van der Waals surface area contributed by atoms with Crippen molar-refractivity contribution >= 4 is 17.7 Å². The Kier molecular flexibility index (Phi) is 4.44. The summed E-state index contributed by atoms with van der Waals surface area (Å²) in [4.78, 5) is 10.2. The largest absolute Gasteiger partial charge is 0.481 e. The molecule has 0 rings (SSSR count). The zero-order chi connectivity index (χ0) is 9.78. The summed E-state index contributed by atoms with van der Waals surface area (Å²) in [6.45, 7) is 1.38. The molecule has 0 aromatic rings. The van der Waals surface area contributed by atoms with E-state index in [1.54, 1.807) is 0 Å². The van der Waals surface area contributed by atoms with E-state index in [4.69, 9.17) is 5.11 Å². The zero-order valence-electron chi connectivity index (χ0n) is 6.39. The van der Waals surface area contributed by atoms with E-state index in [0.717, 1.165) is 0 Å². The van der Waals surface area contributed by atoms with Gasteiger partial charge in [0.05, 0.1) is 11.7 Å². The van der Waals surface area contributed by atoms with Crippen molar-refractivity contribution in [2.45, 2.75) is 13.1 Å². The third-order valence-electron chi connectivity index (χ3n) is 1.06. The first kappa shape index (κ1) is 11.6. The van der Waals surface area contributed by atoms with Gasteiger partial charge in [0.1, 0.15) is 0 Å². The third kappa shape index (κ3) is 6.33. The number of hydrogen-bond donors (Lipinski definition) is 1. The van der Waals surface area contributed by atoms with Gasteiger partial charge in [0.2, 0.25) is 0 Å². The minimum Gasteiger partial charge on any atom is -0.481 e. The molecule has 72 valence electrons. The molecule has 6 heteroatoms. The first-order valence-electron chi connectivity index (χ1n) is 3.20. The minimum absolute atomic E-state index is 0.00512. The van der Waals surface area contributed by atoms with Gasteiger partial charge in [0.15, 0.2) is 0 Å². The molecule has 1 atom stereocenters. The van der Waals surface area contributed by atoms with Crippen molar-refractivity contribution in [3.05, 3.63) is 0 Å². The second kappa shape index (κ2) is 4.59. The Balaban J connectivity index is 3.51. The van der Waals surface area contributed by atoms with Crippen LogP contribution in [-0.2, 0) is 4.79 Å². The van der Waals surface area contributed by atoms with Crippen LogP contribution in [0.25, 0.3) is 0 Å². The molecule has 0 saturated heterocycles. The molecule has 1 N–H and O–H groups in total. The topological polar surface area (TPSA) is 37.3 Å². The second-order valence-corrected chi connectivity index (χ2v) is 3.40. The fourth-order valence-electron chi connectivity index (χ4n) is 0.423. The van der Waals surface area contributed by atoms with Crippen LogP contribution in [0.2, 0.25) is 0 Å². The van der Waals surface area contributed by atoms with E-state index in [2.05, 4.69) is 0 Å². The van der Waals surface area contributed by atoms with Gasteiger partial charge in [-0.15, -0.1) is 0 Å². The first-order valence-corrected chi connectivity index (χ1v) is 4.35. The van der Waals surface area contributed by atoms with Gasteiger partial charge in [-0.1, -0.05) is 6.92 Å². The molecule has 0 bridgehead atoms. The van der Waals surface area contributed by atoms with E-state index >= 15 is 0 Å². The van der Waals surface area contributed by atoms with Crippen LogP contribution in [-0.4, -0.2) is 28.8 Å². The molecular formula is C6H9F3O2S. The number of carbonyl (C=O) groups is 1. The van der Waals surface area contributed by atoms with Crippen molar-refractivity contribution in [1.29, 1.82) is 0 Å². The summed E-state index contributed by atoms with van der Waals surface area (Å²) in [7, 11) is 0. The molecule has 0 aliphatic heterocycles. The molecule has 0 aliphatic rings. The van der Waals surface area contributed by atoms with Gasteiger partial charge < -0.3 is 5.11 Å². The highest BCUT2D eigenvalue weighted by molar-refractivity contribution is 7.99. The number of alkyl halides is 3. The maximum absolute atomic E-state index is 11.5. The van der Waals surface area contributed by atoms with Crippen LogP contribution in [0.1, 0.15) is 6.92 Å². The number of carboxylic acids is 1. The zero-order valence-corrected chi connectivity index (χ0v) is 7.21. The van der Waals surface area contributed by atoms with Gasteiger partial charge in [0.25, 0.3) is 0 Å². The van der Waals surface area contributed by atoms with E-state index < -0.39 is 23.8 Å². The fraction of sp³-hybridized carbons (Fsp3) is 0.833. The maximum atomic E-state index is 11.5. The Labute approximate surface area is 72.1 Å². The van der Waals surface area contributed by atoms with Crippen molar-refractivity contribution in [2.24, 2.45) is 5.92 Å². The van der Waals surface area contributed by atoms with Crippen LogP contribution in [0.3, 0.4) is 0 Å². The Hall–Kier alpha value is -0.390. The standard InChI is InChI=1S/C6H9F3O2S/c1-4(5(10)11)2-12-3-6(7,8)9/h4H,2-3H2,1H3,(H,10,11)/t4-/m0/s1. The van der Waals surface area contributed by atoms with E-state index in [1.165, 1.54) is 6.92 Å². The molecule has 0 aromatic carbocycles. The fourth-order valence-corrected chi connectivity index (χ4v) is 1.27. The predicted molar refractivity (Wildman–Crippen MR) is 40.2 cm³/mol. The third-order valence-corrected chi connectivity index (χ3v) is 2.32. The second-order valence-electron chi connectivity index (χ2n) is 2.37. The number of aliphatic carboxylic acids is 1. The normalized spacial score (nSPS) is 14.3. The van der Waals surface area contributed by atoms with E-state index in [9.17, 15) is 18.0 Å². The van der Waals surface area contributed by atoms with Crippen LogP contribution in [0.5, 0.6) is 0 Å². The van der Waals surface area contributed by atoms with Crippen molar-refractivity contribution in [1.82, 2.24) is 0 Å². The number of rotatable bonds is 4. The van der Waals surface area contributed by atoms with Crippen LogP contribution < -0.4 is 0 Å². The van der Waals surface area contributed by atoms with Gasteiger partial charge in [-0.2, -0.15) is 24.9 Å². The number of thioether (sulfide) groups is 1. The average Bonchev–Trinajstić information content (AvgIpc) is 1.84. The number of halogens is 3. The lowest BCUT2D eigenvalue weighted by molar-refractivity contribution is -0.140. The summed E-state index contributed by atoms with van der Waals surface area (Å²) in [5.74, 6) is -2.78. The van der Waals surface area contributed by atoms with Gasteiger partial charge in [-0.3, -0.25) is 4.79 Å². The molecule has 0 unspecified atom stereocenters. The van der Waals surface area contributed by atoms with Crippen LogP contribution in [0, 0.1) is 5.92 Å². The number of carboxylic acid groups (broad SMARTS) is 1. The van der Waals surface area contributed by atoms with Crippen molar-refractivity contribution in [3.8, 4) is 0 Å². The van der Waals surface area contributed by atoms with Crippen molar-refractivity contribution in [2.75, 3.05) is 11.5 Å². The summed E-state index contributed by atoms with van der Waals surface area (Å²) in [5.41, 5.74) is 0. The van der Waals surface area contributed by atoms with Gasteiger partial charge in [-0.05, 0) is 0 Å². The molecule has 0 aromatic heterocycles. The molecule has 0 aliphatic carbocycles. The Morgan fingerprint density at radius 2 is 2.08 bits per heavy atom. The van der Waals surface area contributed by atoms with Crippen LogP contribution >= 0.6 is 11.8 Å². The Morgan fingerprint density at radius 1 is 1.58 bits per heavy atom. The average molecular weight is 202 g/mol. The van der Waals surface area contributed by atoms with Gasteiger partial charge >= 0.3 is 12.1 Å². The molecular weight excluding hydrogens is 193 g/mol. The highest BCUT2D eigenvalue weighted by Crippen LogP contribution is 2.22. The molecule has 0 saturated carbocycles. The summed E-state index contributed by atoms with van der Waals surface area (Å²) < 4.78 is 34.6.